The van der Waals surface area contributed by atoms with Crippen LogP contribution in [0.5, 0.6) is 17.2 Å². The molecule has 220 valence electrons. The molecule has 0 aromatic heterocycles. The van der Waals surface area contributed by atoms with Crippen molar-refractivity contribution in [3.63, 3.8) is 0 Å². The fourth-order valence-electron chi connectivity index (χ4n) is 7.19. The molecule has 0 unspecified atom stereocenters. The Labute approximate surface area is 260 Å². The number of nitrogens with zero attached hydrogens (tertiary/aromatic N) is 2. The molecule has 2 saturated heterocycles. The molecule has 42 heavy (non-hydrogen) atoms. The molecule has 4 aliphatic rings. The average molecular weight is 678 g/mol. The summed E-state index contributed by atoms with van der Waals surface area (Å²) in [7, 11) is 2.74. The number of methoxy groups -OCH3 is 2. The monoisotopic (exact) mass is 676 g/mol. The van der Waals surface area contributed by atoms with Crippen molar-refractivity contribution in [3.8, 4) is 17.2 Å². The molecule has 2 aliphatic carbocycles. The standard InChI is InChI=1S/C30H27BrCl2N2O7/c1-41-20-10-16(11-21(42-2)24(20)36)23-17-8-9-18-22(26(38)34(25(18)37)13-15-6-4-3-5-7-15)19(17)12-29(32)27(39)35(14-31)28(40)30(23,29)33/h3-8,10-11,18-19,22-23,36H,9,12-14H2,1-2H3/t18-,19+,22-,23-,29+,30-/m0/s1. The highest BCUT2D eigenvalue weighted by atomic mass is 79.9. The molecule has 0 bridgehead atoms. The zero-order valence-corrected chi connectivity index (χ0v) is 25.8. The summed E-state index contributed by atoms with van der Waals surface area (Å²) in [5.74, 6) is -5.20. The smallest absolute Gasteiger partial charge is 0.254 e. The van der Waals surface area contributed by atoms with E-state index >= 15 is 0 Å². The van der Waals surface area contributed by atoms with Crippen molar-refractivity contribution in [2.45, 2.75) is 35.1 Å². The minimum Gasteiger partial charge on any atom is -0.502 e. The largest absolute Gasteiger partial charge is 0.502 e. The normalized spacial score (nSPS) is 32.0. The summed E-state index contributed by atoms with van der Waals surface area (Å²) in [4.78, 5) is 53.7. The maximum absolute atomic E-state index is 14.0. The van der Waals surface area contributed by atoms with E-state index < -0.39 is 45.2 Å². The number of amides is 4. The number of imide groups is 2. The van der Waals surface area contributed by atoms with Crippen LogP contribution in [0.4, 0.5) is 0 Å². The first-order chi connectivity index (χ1) is 20.0. The van der Waals surface area contributed by atoms with E-state index in [4.69, 9.17) is 32.7 Å². The Balaban J connectivity index is 1.51. The predicted octanol–water partition coefficient (Wildman–Crippen LogP) is 4.32. The first-order valence-electron chi connectivity index (χ1n) is 13.4. The van der Waals surface area contributed by atoms with E-state index in [0.29, 0.717) is 11.1 Å². The summed E-state index contributed by atoms with van der Waals surface area (Å²) in [5.41, 5.74) is 1.73. The van der Waals surface area contributed by atoms with E-state index in [9.17, 15) is 24.3 Å². The van der Waals surface area contributed by atoms with Crippen molar-refractivity contribution in [1.82, 2.24) is 9.80 Å². The maximum Gasteiger partial charge on any atom is 0.254 e. The van der Waals surface area contributed by atoms with E-state index in [0.717, 1.165) is 10.5 Å². The number of ether oxygens (including phenoxy) is 2. The number of hydrogen-bond donors (Lipinski definition) is 1. The summed E-state index contributed by atoms with van der Waals surface area (Å²) < 4.78 is 10.8. The van der Waals surface area contributed by atoms with Gasteiger partial charge in [0.2, 0.25) is 17.6 Å². The number of carbonyl (C=O) groups excluding carboxylic acids is 4. The third kappa shape index (κ3) is 3.80. The second kappa shape index (κ2) is 10.3. The molecule has 2 aliphatic heterocycles. The Hall–Kier alpha value is -3.08. The van der Waals surface area contributed by atoms with E-state index in [2.05, 4.69) is 15.9 Å². The zero-order chi connectivity index (χ0) is 30.1. The van der Waals surface area contributed by atoms with Gasteiger partial charge in [-0.15, -0.1) is 23.2 Å². The second-order valence-corrected chi connectivity index (χ2v) is 12.8. The lowest BCUT2D eigenvalue weighted by molar-refractivity contribution is -0.141. The van der Waals surface area contributed by atoms with Crippen molar-refractivity contribution in [2.75, 3.05) is 19.7 Å². The van der Waals surface area contributed by atoms with Crippen LogP contribution in [0.25, 0.3) is 0 Å². The molecule has 2 aromatic rings. The van der Waals surface area contributed by atoms with Crippen molar-refractivity contribution >= 4 is 62.8 Å². The van der Waals surface area contributed by atoms with Gasteiger partial charge in [0.25, 0.3) is 11.8 Å². The van der Waals surface area contributed by atoms with Gasteiger partial charge in [-0.2, -0.15) is 0 Å². The van der Waals surface area contributed by atoms with Gasteiger partial charge in [0.1, 0.15) is 0 Å². The Morgan fingerprint density at radius 3 is 2.19 bits per heavy atom. The Bertz CT molecular complexity index is 1530. The molecule has 1 N–H and O–H groups in total. The number of alkyl halides is 3. The lowest BCUT2D eigenvalue weighted by Crippen LogP contribution is -2.60. The second-order valence-electron chi connectivity index (χ2n) is 11.0. The molecule has 6 atom stereocenters. The molecule has 9 nitrogen and oxygen atoms in total. The van der Waals surface area contributed by atoms with Gasteiger partial charge in [0, 0.05) is 5.92 Å². The molecule has 0 spiro atoms. The zero-order valence-electron chi connectivity index (χ0n) is 22.7. The van der Waals surface area contributed by atoms with Gasteiger partial charge in [-0.1, -0.05) is 57.9 Å². The highest BCUT2D eigenvalue weighted by Gasteiger charge is 2.76. The quantitative estimate of drug-likeness (QED) is 0.210. The summed E-state index contributed by atoms with van der Waals surface area (Å²) in [6.45, 7) is 0.129. The summed E-state index contributed by atoms with van der Waals surface area (Å²) >= 11 is 17.7. The number of phenols is 1. The number of halogens is 3. The van der Waals surface area contributed by atoms with Gasteiger partial charge in [0.05, 0.1) is 38.1 Å². The highest BCUT2D eigenvalue weighted by molar-refractivity contribution is 9.09. The van der Waals surface area contributed by atoms with Crippen molar-refractivity contribution in [3.05, 3.63) is 65.2 Å². The van der Waals surface area contributed by atoms with Crippen LogP contribution in [0.1, 0.15) is 29.9 Å². The molecule has 2 heterocycles. The SMILES string of the molecule is COc1cc([C@H]2C3=CC[C@@H]4C(=O)N(Cc5ccccc5)C(=O)[C@@H]4[C@@H]3C[C@@]3(Cl)C(=O)N(CBr)C(=O)[C@@]23Cl)cc(OC)c1O. The Kier molecular flexibility index (Phi) is 7.10. The van der Waals surface area contributed by atoms with Crippen LogP contribution in [0.2, 0.25) is 0 Å². The minimum absolute atomic E-state index is 0.0662. The topological polar surface area (TPSA) is 113 Å². The first-order valence-corrected chi connectivity index (χ1v) is 15.2. The van der Waals surface area contributed by atoms with Crippen molar-refractivity contribution in [1.29, 1.82) is 0 Å². The van der Waals surface area contributed by atoms with Crippen molar-refractivity contribution in [2.24, 2.45) is 17.8 Å². The molecule has 2 aromatic carbocycles. The fraction of sp³-hybridized carbons (Fsp3) is 0.400. The fourth-order valence-corrected chi connectivity index (χ4v) is 8.62. The van der Waals surface area contributed by atoms with Crippen LogP contribution in [0.3, 0.4) is 0 Å². The molecule has 12 heteroatoms. The van der Waals surface area contributed by atoms with Crippen LogP contribution in [0, 0.1) is 17.8 Å². The number of allylic oxidation sites excluding steroid dienone is 2. The van der Waals surface area contributed by atoms with E-state index in [1.54, 1.807) is 0 Å². The molecule has 3 fully saturated rings. The van der Waals surface area contributed by atoms with Gasteiger partial charge in [-0.3, -0.25) is 29.0 Å². The molecule has 4 amide bonds. The number of likely N-dealkylation sites (tertiary alicyclic amines) is 2. The first kappa shape index (κ1) is 29.0. The van der Waals surface area contributed by atoms with E-state index in [1.807, 2.05) is 36.4 Å². The lowest BCUT2D eigenvalue weighted by atomic mass is 9.56. The van der Waals surface area contributed by atoms with Crippen LogP contribution in [-0.4, -0.2) is 68.0 Å². The number of fused-ring (bicyclic) bond motifs is 4. The maximum atomic E-state index is 14.0. The number of hydrogen-bond acceptors (Lipinski definition) is 7. The lowest BCUT2D eigenvalue weighted by Gasteiger charge is -2.50. The van der Waals surface area contributed by atoms with Crippen molar-refractivity contribution < 1.29 is 33.8 Å². The van der Waals surface area contributed by atoms with Gasteiger partial charge in [-0.25, -0.2) is 0 Å². The number of carbonyl (C=O) groups is 4. The number of benzene rings is 2. The number of aromatic hydroxyl groups is 1. The third-order valence-corrected chi connectivity index (χ3v) is 11.0. The Morgan fingerprint density at radius 1 is 0.952 bits per heavy atom. The minimum atomic E-state index is -1.98. The number of rotatable bonds is 6. The van der Waals surface area contributed by atoms with Gasteiger partial charge in [-0.05, 0) is 42.0 Å². The summed E-state index contributed by atoms with van der Waals surface area (Å²) in [5, 5.41) is 10.6. The molecular weight excluding hydrogens is 651 g/mol. The predicted molar refractivity (Wildman–Crippen MR) is 157 cm³/mol. The molecule has 6 rings (SSSR count). The summed E-state index contributed by atoms with van der Waals surface area (Å²) in [6.07, 6.45) is 2.00. The molecule has 0 radical (unpaired) electrons. The Morgan fingerprint density at radius 2 is 1.60 bits per heavy atom. The third-order valence-electron chi connectivity index (χ3n) is 9.13. The van der Waals surface area contributed by atoms with Crippen LogP contribution < -0.4 is 9.47 Å². The van der Waals surface area contributed by atoms with E-state index in [-0.39, 0.29) is 53.9 Å². The van der Waals surface area contributed by atoms with E-state index in [1.165, 1.54) is 31.3 Å². The average Bonchev–Trinajstić information content (AvgIpc) is 3.31. The van der Waals surface area contributed by atoms with Crippen LogP contribution in [0.15, 0.2) is 54.1 Å². The van der Waals surface area contributed by atoms with Gasteiger partial charge < -0.3 is 14.6 Å². The van der Waals surface area contributed by atoms with Gasteiger partial charge >= 0.3 is 0 Å². The molecular formula is C30H27BrCl2N2O7. The van der Waals surface area contributed by atoms with Crippen LogP contribution in [-0.2, 0) is 25.7 Å². The van der Waals surface area contributed by atoms with Crippen LogP contribution >= 0.6 is 39.1 Å². The highest BCUT2D eigenvalue weighted by Crippen LogP contribution is 2.66. The molecule has 1 saturated carbocycles. The van der Waals surface area contributed by atoms with Gasteiger partial charge in [0.15, 0.2) is 21.2 Å². The number of phenolic OH excluding ortho intramolecular Hbond substituents is 1. The summed E-state index contributed by atoms with van der Waals surface area (Å²) in [6, 6.07) is 12.3.